The van der Waals surface area contributed by atoms with E-state index < -0.39 is 0 Å². The van der Waals surface area contributed by atoms with Crippen LogP contribution in [-0.2, 0) is 4.79 Å². The number of aromatic nitrogens is 2. The Morgan fingerprint density at radius 2 is 1.88 bits per heavy atom. The summed E-state index contributed by atoms with van der Waals surface area (Å²) in [6, 6.07) is 16.2. The summed E-state index contributed by atoms with van der Waals surface area (Å²) >= 11 is 0. The molecule has 1 aromatic heterocycles. The zero-order chi connectivity index (χ0) is 17.5. The van der Waals surface area contributed by atoms with Crippen LogP contribution in [0.25, 0.3) is 16.7 Å². The van der Waals surface area contributed by atoms with E-state index in [1.165, 1.54) is 12.8 Å². The van der Waals surface area contributed by atoms with Gasteiger partial charge >= 0.3 is 0 Å². The predicted octanol–water partition coefficient (Wildman–Crippen LogP) is 2.61. The van der Waals surface area contributed by atoms with E-state index in [1.807, 2.05) is 59.4 Å². The smallest absolute Gasteiger partial charge is 0.242 e. The maximum absolute atomic E-state index is 12.5. The molecular weight excluding hydrogens is 326 g/mol. The molecule has 2 aromatic carbocycles. The molecule has 132 valence electrons. The molecule has 1 saturated heterocycles. The zero-order valence-electron chi connectivity index (χ0n) is 14.4. The number of fused-ring (bicyclic) bond motifs is 1. The van der Waals surface area contributed by atoms with Crippen LogP contribution in [0.5, 0.6) is 0 Å². The lowest BCUT2D eigenvalue weighted by Crippen LogP contribution is -2.40. The standard InChI is InChI=1S/C20H21N5O/c26-20(18-11-17(23-24-18)13-5-6-13)22-14-7-9-15(10-8-14)25-12-21-16-3-1-2-4-19(16)25/h1-4,7-10,12-13,17-18,23-24H,5-6,11H2,(H,22,26). The molecule has 3 N–H and O–H groups in total. The number of hydrogen-bond acceptors (Lipinski definition) is 4. The number of carbonyl (C=O) groups excluding carboxylic acids is 1. The van der Waals surface area contributed by atoms with Crippen molar-refractivity contribution in [3.63, 3.8) is 0 Å². The van der Waals surface area contributed by atoms with E-state index in [0.717, 1.165) is 34.7 Å². The monoisotopic (exact) mass is 347 g/mol. The van der Waals surface area contributed by atoms with Crippen LogP contribution in [0.15, 0.2) is 54.9 Å². The number of carbonyl (C=O) groups is 1. The Kier molecular flexibility index (Phi) is 3.72. The molecule has 26 heavy (non-hydrogen) atoms. The highest BCUT2D eigenvalue weighted by Crippen LogP contribution is 2.35. The van der Waals surface area contributed by atoms with E-state index in [0.29, 0.717) is 6.04 Å². The van der Waals surface area contributed by atoms with Gasteiger partial charge in [0.15, 0.2) is 0 Å². The Labute approximate surface area is 151 Å². The Balaban J connectivity index is 1.28. The topological polar surface area (TPSA) is 71.0 Å². The Bertz CT molecular complexity index is 944. The Morgan fingerprint density at radius 1 is 1.08 bits per heavy atom. The van der Waals surface area contributed by atoms with Crippen LogP contribution in [0.2, 0.25) is 0 Å². The maximum Gasteiger partial charge on any atom is 0.242 e. The maximum atomic E-state index is 12.5. The molecule has 6 heteroatoms. The van der Waals surface area contributed by atoms with Crippen molar-refractivity contribution in [1.29, 1.82) is 0 Å². The number of amides is 1. The van der Waals surface area contributed by atoms with Gasteiger partial charge in [-0.3, -0.25) is 14.8 Å². The van der Waals surface area contributed by atoms with Crippen molar-refractivity contribution in [2.24, 2.45) is 5.92 Å². The largest absolute Gasteiger partial charge is 0.325 e. The molecule has 2 atom stereocenters. The molecule has 3 aromatic rings. The van der Waals surface area contributed by atoms with E-state index in [1.54, 1.807) is 0 Å². The van der Waals surface area contributed by atoms with E-state index in [2.05, 4.69) is 21.2 Å². The molecule has 2 heterocycles. The highest BCUT2D eigenvalue weighted by atomic mass is 16.2. The van der Waals surface area contributed by atoms with Gasteiger partial charge in [-0.25, -0.2) is 10.4 Å². The number of hydrazine groups is 1. The van der Waals surface area contributed by atoms with Gasteiger partial charge in [0.25, 0.3) is 0 Å². The molecule has 0 radical (unpaired) electrons. The van der Waals surface area contributed by atoms with Crippen LogP contribution in [-0.4, -0.2) is 27.5 Å². The predicted molar refractivity (Wildman–Crippen MR) is 101 cm³/mol. The number of nitrogens with one attached hydrogen (secondary N) is 3. The summed E-state index contributed by atoms with van der Waals surface area (Å²) in [7, 11) is 0. The normalized spacial score (nSPS) is 22.6. The lowest BCUT2D eigenvalue weighted by Gasteiger charge is -2.11. The minimum atomic E-state index is -0.169. The van der Waals surface area contributed by atoms with E-state index in [4.69, 9.17) is 0 Å². The average Bonchev–Trinajstić information content (AvgIpc) is 3.24. The van der Waals surface area contributed by atoms with Crippen molar-refractivity contribution >= 4 is 22.6 Å². The molecule has 6 nitrogen and oxygen atoms in total. The summed E-state index contributed by atoms with van der Waals surface area (Å²) in [4.78, 5) is 16.9. The van der Waals surface area contributed by atoms with Gasteiger partial charge in [-0.05, 0) is 61.6 Å². The Morgan fingerprint density at radius 3 is 2.69 bits per heavy atom. The first kappa shape index (κ1) is 15.5. The number of hydrogen-bond donors (Lipinski definition) is 3. The minimum Gasteiger partial charge on any atom is -0.325 e. The summed E-state index contributed by atoms with van der Waals surface area (Å²) in [5.74, 6) is 0.756. The summed E-state index contributed by atoms with van der Waals surface area (Å²) in [5.41, 5.74) is 10.2. The third kappa shape index (κ3) is 2.87. The fraction of sp³-hybridized carbons (Fsp3) is 0.300. The fourth-order valence-corrected chi connectivity index (χ4v) is 3.66. The molecule has 1 amide bonds. The molecule has 5 rings (SSSR count). The summed E-state index contributed by atoms with van der Waals surface area (Å²) in [6.45, 7) is 0. The van der Waals surface area contributed by atoms with Crippen LogP contribution in [0.4, 0.5) is 5.69 Å². The van der Waals surface area contributed by atoms with Crippen molar-refractivity contribution in [3.8, 4) is 5.69 Å². The molecule has 1 saturated carbocycles. The summed E-state index contributed by atoms with van der Waals surface area (Å²) < 4.78 is 2.05. The second-order valence-corrected chi connectivity index (χ2v) is 7.16. The molecule has 1 aliphatic carbocycles. The number of nitrogens with zero attached hydrogens (tertiary/aromatic N) is 2. The average molecular weight is 347 g/mol. The van der Waals surface area contributed by atoms with E-state index in [-0.39, 0.29) is 11.9 Å². The van der Waals surface area contributed by atoms with Gasteiger partial charge < -0.3 is 5.32 Å². The van der Waals surface area contributed by atoms with Gasteiger partial charge in [-0.15, -0.1) is 0 Å². The quantitative estimate of drug-likeness (QED) is 0.678. The fourth-order valence-electron chi connectivity index (χ4n) is 3.66. The van der Waals surface area contributed by atoms with Gasteiger partial charge in [0, 0.05) is 17.4 Å². The minimum absolute atomic E-state index is 0.0153. The van der Waals surface area contributed by atoms with Gasteiger partial charge in [-0.1, -0.05) is 12.1 Å². The third-order valence-electron chi connectivity index (χ3n) is 5.31. The zero-order valence-corrected chi connectivity index (χ0v) is 14.4. The first-order valence-electron chi connectivity index (χ1n) is 9.12. The van der Waals surface area contributed by atoms with Gasteiger partial charge in [0.1, 0.15) is 12.4 Å². The molecule has 2 fully saturated rings. The molecule has 0 spiro atoms. The number of para-hydroxylation sites is 2. The number of benzene rings is 2. The van der Waals surface area contributed by atoms with Crippen molar-refractivity contribution < 1.29 is 4.79 Å². The van der Waals surface area contributed by atoms with Crippen molar-refractivity contribution in [3.05, 3.63) is 54.9 Å². The summed E-state index contributed by atoms with van der Waals surface area (Å²) in [5, 5.41) is 3.01. The highest BCUT2D eigenvalue weighted by Gasteiger charge is 2.38. The SMILES string of the molecule is O=C(Nc1ccc(-n2cnc3ccccc32)cc1)C1CC(C2CC2)NN1. The van der Waals surface area contributed by atoms with Gasteiger partial charge in [0.05, 0.1) is 11.0 Å². The van der Waals surface area contributed by atoms with Crippen LogP contribution < -0.4 is 16.2 Å². The number of rotatable bonds is 4. The van der Waals surface area contributed by atoms with Crippen molar-refractivity contribution in [2.75, 3.05) is 5.32 Å². The second-order valence-electron chi connectivity index (χ2n) is 7.16. The lowest BCUT2D eigenvalue weighted by molar-refractivity contribution is -0.117. The molecule has 2 unspecified atom stereocenters. The van der Waals surface area contributed by atoms with E-state index in [9.17, 15) is 4.79 Å². The molecular formula is C20H21N5O. The highest BCUT2D eigenvalue weighted by molar-refractivity contribution is 5.95. The Hall–Kier alpha value is -2.70. The molecule has 0 bridgehead atoms. The van der Waals surface area contributed by atoms with Crippen molar-refractivity contribution in [2.45, 2.75) is 31.3 Å². The third-order valence-corrected chi connectivity index (χ3v) is 5.31. The van der Waals surface area contributed by atoms with Crippen molar-refractivity contribution in [1.82, 2.24) is 20.4 Å². The van der Waals surface area contributed by atoms with Gasteiger partial charge in [-0.2, -0.15) is 0 Å². The molecule has 1 aliphatic heterocycles. The number of anilines is 1. The van der Waals surface area contributed by atoms with Crippen LogP contribution in [0, 0.1) is 5.92 Å². The first-order valence-corrected chi connectivity index (χ1v) is 9.12. The first-order chi connectivity index (χ1) is 12.8. The van der Waals surface area contributed by atoms with Crippen LogP contribution in [0.1, 0.15) is 19.3 Å². The van der Waals surface area contributed by atoms with Crippen LogP contribution in [0.3, 0.4) is 0 Å². The van der Waals surface area contributed by atoms with Gasteiger partial charge in [0.2, 0.25) is 5.91 Å². The second kappa shape index (κ2) is 6.23. The van der Waals surface area contributed by atoms with Crippen LogP contribution >= 0.6 is 0 Å². The lowest BCUT2D eigenvalue weighted by atomic mass is 10.1. The number of imidazole rings is 1. The van der Waals surface area contributed by atoms with E-state index >= 15 is 0 Å². The molecule has 2 aliphatic rings. The summed E-state index contributed by atoms with van der Waals surface area (Å²) in [6.07, 6.45) is 5.23.